The first kappa shape index (κ1) is 30.2. The second-order valence-corrected chi connectivity index (χ2v) is 11.9. The van der Waals surface area contributed by atoms with Crippen molar-refractivity contribution in [1.29, 1.82) is 0 Å². The number of likely N-dealkylation sites (tertiary alicyclic amines) is 1. The van der Waals surface area contributed by atoms with E-state index in [0.717, 1.165) is 16.7 Å². The van der Waals surface area contributed by atoms with Crippen molar-refractivity contribution in [2.75, 3.05) is 31.6 Å². The number of halogens is 4. The summed E-state index contributed by atoms with van der Waals surface area (Å²) in [4.78, 5) is 16.8. The number of carbonyl (C=O) groups is 1. The Morgan fingerprint density at radius 1 is 1.02 bits per heavy atom. The molecule has 224 valence electrons. The molecule has 0 spiro atoms. The zero-order valence-corrected chi connectivity index (χ0v) is 24.7. The number of benzene rings is 3. The van der Waals surface area contributed by atoms with Crippen molar-refractivity contribution < 1.29 is 32.5 Å². The van der Waals surface area contributed by atoms with Crippen LogP contribution in [0.5, 0.6) is 11.5 Å². The molecule has 2 aliphatic heterocycles. The van der Waals surface area contributed by atoms with Crippen LogP contribution in [0.2, 0.25) is 5.02 Å². The van der Waals surface area contributed by atoms with Crippen LogP contribution in [-0.4, -0.2) is 54.9 Å². The van der Waals surface area contributed by atoms with Gasteiger partial charge in [-0.05, 0) is 79.4 Å². The van der Waals surface area contributed by atoms with Crippen molar-refractivity contribution in [2.45, 2.75) is 51.1 Å². The maximum Gasteiger partial charge on any atom is 0.401 e. The number of anilines is 1. The van der Waals surface area contributed by atoms with E-state index in [2.05, 4.69) is 0 Å². The molecule has 3 aromatic carbocycles. The Kier molecular flexibility index (Phi) is 8.22. The van der Waals surface area contributed by atoms with Crippen molar-refractivity contribution >= 4 is 23.2 Å². The minimum atomic E-state index is -4.27. The number of nitrogens with zero attached hydrogens (tertiary/aromatic N) is 2. The van der Waals surface area contributed by atoms with Gasteiger partial charge >= 0.3 is 6.18 Å². The first-order chi connectivity index (χ1) is 19.8. The highest BCUT2D eigenvalue weighted by Gasteiger charge is 2.45. The first-order valence-electron chi connectivity index (χ1n) is 13.8. The number of fused-ring (bicyclic) bond motifs is 1. The van der Waals surface area contributed by atoms with E-state index < -0.39 is 24.4 Å². The van der Waals surface area contributed by atoms with E-state index in [0.29, 0.717) is 27.8 Å². The van der Waals surface area contributed by atoms with Crippen LogP contribution in [0, 0.1) is 5.92 Å². The molecule has 2 atom stereocenters. The van der Waals surface area contributed by atoms with Crippen LogP contribution in [0.15, 0.2) is 60.7 Å². The Balaban J connectivity index is 1.49. The lowest BCUT2D eigenvalue weighted by Gasteiger charge is -2.47. The highest BCUT2D eigenvalue weighted by atomic mass is 35.5. The second-order valence-electron chi connectivity index (χ2n) is 11.5. The Morgan fingerprint density at radius 3 is 2.24 bits per heavy atom. The van der Waals surface area contributed by atoms with Gasteiger partial charge in [-0.3, -0.25) is 9.69 Å². The summed E-state index contributed by atoms with van der Waals surface area (Å²) in [5.74, 6) is 0.662. The molecule has 0 aliphatic carbocycles. The lowest BCUT2D eigenvalue weighted by atomic mass is 9.78. The number of methoxy groups -OCH3 is 1. The van der Waals surface area contributed by atoms with Gasteiger partial charge in [0.05, 0.1) is 37.8 Å². The van der Waals surface area contributed by atoms with E-state index in [1.54, 1.807) is 55.3 Å². The lowest BCUT2D eigenvalue weighted by molar-refractivity contribution is -0.173. The van der Waals surface area contributed by atoms with Gasteiger partial charge in [-0.1, -0.05) is 35.9 Å². The summed E-state index contributed by atoms with van der Waals surface area (Å²) in [6.07, 6.45) is -4.22. The first-order valence-corrected chi connectivity index (χ1v) is 14.2. The van der Waals surface area contributed by atoms with Crippen LogP contribution in [0.25, 0.3) is 0 Å². The number of amides is 1. The Labute approximate surface area is 248 Å². The van der Waals surface area contributed by atoms with Gasteiger partial charge in [0.2, 0.25) is 5.91 Å². The van der Waals surface area contributed by atoms with Crippen molar-refractivity contribution in [3.8, 4) is 11.5 Å². The van der Waals surface area contributed by atoms with Crippen molar-refractivity contribution in [3.05, 3.63) is 87.9 Å². The molecule has 0 saturated carbocycles. The predicted octanol–water partition coefficient (Wildman–Crippen LogP) is 6.52. The number of hydrogen-bond acceptors (Lipinski definition) is 5. The summed E-state index contributed by atoms with van der Waals surface area (Å²) in [6, 6.07) is 17.7. The molecule has 0 bridgehead atoms. The molecule has 10 heteroatoms. The van der Waals surface area contributed by atoms with Crippen LogP contribution < -0.4 is 14.4 Å². The smallest absolute Gasteiger partial charge is 0.401 e. The van der Waals surface area contributed by atoms with Gasteiger partial charge in [-0.25, -0.2) is 0 Å². The van der Waals surface area contributed by atoms with Gasteiger partial charge < -0.3 is 19.5 Å². The molecule has 2 aliphatic rings. The van der Waals surface area contributed by atoms with Gasteiger partial charge in [0.25, 0.3) is 0 Å². The van der Waals surface area contributed by atoms with Crippen LogP contribution >= 0.6 is 11.6 Å². The van der Waals surface area contributed by atoms with Crippen LogP contribution in [0.3, 0.4) is 0 Å². The van der Waals surface area contributed by atoms with Gasteiger partial charge in [0, 0.05) is 29.7 Å². The summed E-state index contributed by atoms with van der Waals surface area (Å²) in [5.41, 5.74) is 2.45. The molecule has 42 heavy (non-hydrogen) atoms. The number of ether oxygens (including phenoxy) is 2. The van der Waals surface area contributed by atoms with E-state index in [9.17, 15) is 23.1 Å². The third kappa shape index (κ3) is 6.09. The van der Waals surface area contributed by atoms with Crippen molar-refractivity contribution in [2.24, 2.45) is 5.92 Å². The fourth-order valence-corrected chi connectivity index (χ4v) is 5.96. The zero-order chi connectivity index (χ0) is 30.4. The van der Waals surface area contributed by atoms with E-state index >= 15 is 0 Å². The van der Waals surface area contributed by atoms with E-state index in [-0.39, 0.29) is 37.4 Å². The van der Waals surface area contributed by atoms with Crippen LogP contribution in [-0.2, 0) is 16.8 Å². The topological polar surface area (TPSA) is 62.2 Å². The minimum absolute atomic E-state index is 0.0937. The number of rotatable bonds is 8. The third-order valence-corrected chi connectivity index (χ3v) is 8.27. The molecule has 1 saturated heterocycles. The van der Waals surface area contributed by atoms with Crippen molar-refractivity contribution in [1.82, 2.24) is 4.90 Å². The lowest BCUT2D eigenvalue weighted by Crippen LogP contribution is -2.57. The fourth-order valence-electron chi connectivity index (χ4n) is 5.83. The second kappa shape index (κ2) is 11.4. The fraction of sp³-hybridized carbons (Fsp3) is 0.406. The molecule has 0 radical (unpaired) electrons. The number of hydrogen-bond donors (Lipinski definition) is 1. The van der Waals surface area contributed by atoms with E-state index in [4.69, 9.17) is 21.1 Å². The molecular formula is C32H34ClF3N2O4. The van der Waals surface area contributed by atoms with Crippen LogP contribution in [0.1, 0.15) is 49.1 Å². The maximum atomic E-state index is 13.7. The summed E-state index contributed by atoms with van der Waals surface area (Å²) < 4.78 is 49.9. The molecule has 2 unspecified atom stereocenters. The molecule has 1 fully saturated rings. The third-order valence-electron chi connectivity index (χ3n) is 8.02. The quantitative estimate of drug-likeness (QED) is 0.318. The van der Waals surface area contributed by atoms with Crippen molar-refractivity contribution in [3.63, 3.8) is 0 Å². The molecule has 2 heterocycles. The standard InChI is InChI=1S/C32H34ClF3N2O4/c1-19(2)42-28-15-26-21(13-27(28)41-4)14-29(39)38(30(26)20-5-9-24(33)10-6-20)25-11-7-22(8-12-25)31(3,40)23-16-37(17-23)18-32(34,35)36/h5-13,15,19,23,30,40H,14,16-18H2,1-4H3. The molecular weight excluding hydrogens is 569 g/mol. The summed E-state index contributed by atoms with van der Waals surface area (Å²) in [7, 11) is 1.57. The normalized spacial score (nSPS) is 19.3. The Bertz CT molecular complexity index is 1440. The molecule has 5 rings (SSSR count). The highest BCUT2D eigenvalue weighted by molar-refractivity contribution is 6.30. The molecule has 1 amide bonds. The average molecular weight is 603 g/mol. The predicted molar refractivity (Wildman–Crippen MR) is 155 cm³/mol. The van der Waals surface area contributed by atoms with Gasteiger partial charge in [-0.15, -0.1) is 0 Å². The Morgan fingerprint density at radius 2 is 1.67 bits per heavy atom. The molecule has 0 aromatic heterocycles. The maximum absolute atomic E-state index is 13.7. The van der Waals surface area contributed by atoms with Gasteiger partial charge in [0.15, 0.2) is 11.5 Å². The van der Waals surface area contributed by atoms with Crippen LogP contribution in [0.4, 0.5) is 18.9 Å². The molecule has 3 aromatic rings. The zero-order valence-electron chi connectivity index (χ0n) is 23.9. The molecule has 6 nitrogen and oxygen atoms in total. The monoisotopic (exact) mass is 602 g/mol. The Hall–Kier alpha value is -3.27. The summed E-state index contributed by atoms with van der Waals surface area (Å²) in [6.45, 7) is 4.80. The largest absolute Gasteiger partial charge is 0.493 e. The summed E-state index contributed by atoms with van der Waals surface area (Å²) >= 11 is 6.20. The molecule has 1 N–H and O–H groups in total. The number of aliphatic hydroxyl groups is 1. The minimum Gasteiger partial charge on any atom is -0.493 e. The van der Waals surface area contributed by atoms with Gasteiger partial charge in [-0.2, -0.15) is 13.2 Å². The number of alkyl halides is 3. The number of carbonyl (C=O) groups excluding carboxylic acids is 1. The average Bonchev–Trinajstić information content (AvgIpc) is 2.89. The van der Waals surface area contributed by atoms with Gasteiger partial charge in [0.1, 0.15) is 0 Å². The summed E-state index contributed by atoms with van der Waals surface area (Å²) in [5, 5.41) is 11.9. The van der Waals surface area contributed by atoms with E-state index in [1.165, 1.54) is 4.90 Å². The SMILES string of the molecule is COc1cc2c(cc1OC(C)C)C(c1ccc(Cl)cc1)N(c1ccc(C(C)(O)C3CN(CC(F)(F)F)C3)cc1)C(=O)C2. The highest BCUT2D eigenvalue weighted by Crippen LogP contribution is 2.44. The van der Waals surface area contributed by atoms with E-state index in [1.807, 2.05) is 38.1 Å².